The largest absolute Gasteiger partial charge is 0.481 e. The van der Waals surface area contributed by atoms with Crippen LogP contribution < -0.4 is 0 Å². The Balaban J connectivity index is 2.13. The molecule has 1 saturated heterocycles. The zero-order chi connectivity index (χ0) is 13.1. The summed E-state index contributed by atoms with van der Waals surface area (Å²) in [5.41, 5.74) is 0. The van der Waals surface area contributed by atoms with E-state index < -0.39 is 16.8 Å². The molecule has 1 aromatic rings. The van der Waals surface area contributed by atoms with Crippen molar-refractivity contribution in [3.05, 3.63) is 5.82 Å². The first kappa shape index (κ1) is 13.5. The lowest BCUT2D eigenvalue weighted by Gasteiger charge is -2.24. The van der Waals surface area contributed by atoms with Crippen LogP contribution in [0.3, 0.4) is 0 Å². The minimum absolute atomic E-state index is 0.0171. The second-order valence-corrected chi connectivity index (χ2v) is 6.80. The highest BCUT2D eigenvalue weighted by atomic mass is 32.2. The normalized spacial score (nSPS) is 24.1. The Morgan fingerprint density at radius 1 is 1.50 bits per heavy atom. The summed E-state index contributed by atoms with van der Waals surface area (Å²) in [4.78, 5) is 10.6. The van der Waals surface area contributed by atoms with Gasteiger partial charge in [-0.05, 0) is 19.8 Å². The molecule has 0 aromatic carbocycles. The average molecular weight is 289 g/mol. The number of hydrogen-bond acceptors (Lipinski definition) is 5. The molecular weight excluding hydrogens is 274 g/mol. The molecule has 1 aliphatic heterocycles. The number of nitrogens with zero attached hydrogens (tertiary/aromatic N) is 3. The van der Waals surface area contributed by atoms with E-state index in [0.29, 0.717) is 16.7 Å². The van der Waals surface area contributed by atoms with Crippen LogP contribution in [0, 0.1) is 6.92 Å². The Labute approximate surface area is 112 Å². The summed E-state index contributed by atoms with van der Waals surface area (Å²) in [5, 5.41) is 17.4. The third kappa shape index (κ3) is 3.11. The number of rotatable bonds is 4. The molecule has 0 saturated carbocycles. The van der Waals surface area contributed by atoms with Gasteiger partial charge in [0.15, 0.2) is 5.16 Å². The quantitative estimate of drug-likeness (QED) is 0.827. The molecule has 2 heterocycles. The van der Waals surface area contributed by atoms with Crippen molar-refractivity contribution in [2.75, 3.05) is 17.3 Å². The van der Waals surface area contributed by atoms with Gasteiger partial charge in [0.2, 0.25) is 0 Å². The highest BCUT2D eigenvalue weighted by Gasteiger charge is 2.24. The van der Waals surface area contributed by atoms with Crippen molar-refractivity contribution in [2.24, 2.45) is 0 Å². The number of carbonyl (C=O) groups is 1. The van der Waals surface area contributed by atoms with Crippen molar-refractivity contribution in [2.45, 2.75) is 31.0 Å². The van der Waals surface area contributed by atoms with Crippen LogP contribution in [-0.2, 0) is 15.6 Å². The molecule has 1 aliphatic rings. The third-order valence-corrected chi connectivity index (χ3v) is 5.19. The fraction of sp³-hybridized carbons (Fsp3) is 0.700. The van der Waals surface area contributed by atoms with Crippen LogP contribution in [0.4, 0.5) is 0 Å². The molecular formula is C10H15N3O3S2. The predicted molar refractivity (Wildman–Crippen MR) is 69.3 cm³/mol. The topological polar surface area (TPSA) is 85.1 Å². The summed E-state index contributed by atoms with van der Waals surface area (Å²) in [6.45, 7) is 1.86. The first-order chi connectivity index (χ1) is 8.58. The van der Waals surface area contributed by atoms with Gasteiger partial charge in [-0.15, -0.1) is 10.2 Å². The molecule has 2 rings (SSSR count). The van der Waals surface area contributed by atoms with Crippen molar-refractivity contribution in [1.82, 2.24) is 14.8 Å². The Morgan fingerprint density at radius 2 is 2.17 bits per heavy atom. The maximum atomic E-state index is 11.4. The molecule has 6 nitrogen and oxygen atoms in total. The van der Waals surface area contributed by atoms with Gasteiger partial charge in [0, 0.05) is 28.3 Å². The van der Waals surface area contributed by atoms with Gasteiger partial charge in [-0.25, -0.2) is 0 Å². The lowest BCUT2D eigenvalue weighted by molar-refractivity contribution is -0.133. The van der Waals surface area contributed by atoms with Crippen LogP contribution in [0.5, 0.6) is 0 Å². The van der Waals surface area contributed by atoms with E-state index in [1.165, 1.54) is 11.8 Å². The Kier molecular flexibility index (Phi) is 4.39. The number of aryl methyl sites for hydroxylation is 1. The molecule has 0 atom stereocenters. The average Bonchev–Trinajstić information content (AvgIpc) is 2.69. The highest BCUT2D eigenvalue weighted by Crippen LogP contribution is 2.28. The van der Waals surface area contributed by atoms with E-state index in [0.717, 1.165) is 18.7 Å². The van der Waals surface area contributed by atoms with Crippen LogP contribution in [0.25, 0.3) is 0 Å². The van der Waals surface area contributed by atoms with Gasteiger partial charge in [0.25, 0.3) is 0 Å². The molecule has 0 radical (unpaired) electrons. The van der Waals surface area contributed by atoms with Gasteiger partial charge in [-0.2, -0.15) is 0 Å². The molecule has 1 fully saturated rings. The molecule has 18 heavy (non-hydrogen) atoms. The molecule has 100 valence electrons. The van der Waals surface area contributed by atoms with Crippen molar-refractivity contribution < 1.29 is 14.1 Å². The van der Waals surface area contributed by atoms with Crippen LogP contribution in [0.1, 0.15) is 24.7 Å². The monoisotopic (exact) mass is 289 g/mol. The minimum atomic E-state index is -0.864. The predicted octanol–water partition coefficient (Wildman–Crippen LogP) is 0.847. The summed E-state index contributed by atoms with van der Waals surface area (Å²) < 4.78 is 13.3. The zero-order valence-corrected chi connectivity index (χ0v) is 11.7. The van der Waals surface area contributed by atoms with Crippen molar-refractivity contribution in [1.29, 1.82) is 0 Å². The number of hydrogen-bond donors (Lipinski definition) is 1. The van der Waals surface area contributed by atoms with E-state index in [4.69, 9.17) is 5.11 Å². The van der Waals surface area contributed by atoms with E-state index in [1.54, 1.807) is 0 Å². The molecule has 8 heteroatoms. The first-order valence-corrected chi connectivity index (χ1v) is 8.16. The molecule has 0 bridgehead atoms. The molecule has 0 spiro atoms. The summed E-state index contributed by atoms with van der Waals surface area (Å²) in [7, 11) is -0.702. The van der Waals surface area contributed by atoms with Gasteiger partial charge in [-0.3, -0.25) is 9.00 Å². The number of aromatic nitrogens is 3. The van der Waals surface area contributed by atoms with E-state index in [1.807, 2.05) is 11.5 Å². The zero-order valence-electron chi connectivity index (χ0n) is 10.0. The van der Waals surface area contributed by atoms with Gasteiger partial charge >= 0.3 is 5.97 Å². The van der Waals surface area contributed by atoms with Crippen LogP contribution in [0.2, 0.25) is 0 Å². The Hall–Kier alpha value is -0.890. The van der Waals surface area contributed by atoms with Crippen molar-refractivity contribution in [3.8, 4) is 0 Å². The lowest BCUT2D eigenvalue weighted by Crippen LogP contribution is -2.23. The lowest BCUT2D eigenvalue weighted by atomic mass is 10.1. The second kappa shape index (κ2) is 5.83. The van der Waals surface area contributed by atoms with E-state index in [2.05, 4.69) is 10.2 Å². The molecule has 1 N–H and O–H groups in total. The van der Waals surface area contributed by atoms with Gasteiger partial charge in [0.1, 0.15) is 5.82 Å². The van der Waals surface area contributed by atoms with E-state index in [-0.39, 0.29) is 11.8 Å². The number of thioether (sulfide) groups is 1. The van der Waals surface area contributed by atoms with Gasteiger partial charge in [-0.1, -0.05) is 11.8 Å². The summed E-state index contributed by atoms with van der Waals surface area (Å²) in [6.07, 6.45) is 1.68. The smallest absolute Gasteiger partial charge is 0.313 e. The Bertz CT molecular complexity index is 465. The Morgan fingerprint density at radius 3 is 2.78 bits per heavy atom. The van der Waals surface area contributed by atoms with E-state index >= 15 is 0 Å². The third-order valence-electron chi connectivity index (χ3n) is 2.88. The van der Waals surface area contributed by atoms with Crippen molar-refractivity contribution >= 4 is 28.5 Å². The number of carboxylic acid groups (broad SMARTS) is 1. The maximum Gasteiger partial charge on any atom is 0.313 e. The minimum Gasteiger partial charge on any atom is -0.481 e. The fourth-order valence-corrected chi connectivity index (χ4v) is 4.08. The van der Waals surface area contributed by atoms with Crippen LogP contribution >= 0.6 is 11.8 Å². The fourth-order valence-electron chi connectivity index (χ4n) is 2.03. The van der Waals surface area contributed by atoms with E-state index in [9.17, 15) is 9.00 Å². The number of carboxylic acids is 1. The summed E-state index contributed by atoms with van der Waals surface area (Å²) in [6, 6.07) is 0.244. The number of aliphatic carboxylic acids is 1. The SMILES string of the molecule is Cc1nnc(SCC(=O)O)n1C1CCS(=O)CC1. The summed E-state index contributed by atoms with van der Waals surface area (Å²) >= 11 is 1.18. The maximum absolute atomic E-state index is 11.4. The molecule has 0 amide bonds. The summed E-state index contributed by atoms with van der Waals surface area (Å²) in [5.74, 6) is 1.31. The highest BCUT2D eigenvalue weighted by molar-refractivity contribution is 7.99. The second-order valence-electron chi connectivity index (χ2n) is 4.16. The van der Waals surface area contributed by atoms with Crippen LogP contribution in [0.15, 0.2) is 5.16 Å². The molecule has 1 aromatic heterocycles. The molecule has 0 aliphatic carbocycles. The van der Waals surface area contributed by atoms with Gasteiger partial charge in [0.05, 0.1) is 5.75 Å². The molecule has 0 unspecified atom stereocenters. The van der Waals surface area contributed by atoms with Crippen molar-refractivity contribution in [3.63, 3.8) is 0 Å². The van der Waals surface area contributed by atoms with Crippen LogP contribution in [-0.4, -0.2) is 47.3 Å². The van der Waals surface area contributed by atoms with Gasteiger partial charge < -0.3 is 9.67 Å². The standard InChI is InChI=1S/C10H15N3O3S2/c1-7-11-12-10(17-6-9(14)15)13(7)8-2-4-18(16)5-3-8/h8H,2-6H2,1H3,(H,14,15). The first-order valence-electron chi connectivity index (χ1n) is 5.69.